The van der Waals surface area contributed by atoms with Crippen LogP contribution in [0.25, 0.3) is 0 Å². The molecule has 1 heterocycles. The Morgan fingerprint density at radius 1 is 1.19 bits per heavy atom. The Morgan fingerprint density at radius 3 is 2.31 bits per heavy atom. The van der Waals surface area contributed by atoms with Gasteiger partial charge in [0.2, 0.25) is 0 Å². The zero-order valence-electron chi connectivity index (χ0n) is 11.2. The lowest BCUT2D eigenvalue weighted by atomic mass is 10.0. The predicted molar refractivity (Wildman–Crippen MR) is 69.6 cm³/mol. The Bertz CT molecular complexity index is 203. The molecule has 1 saturated carbocycles. The highest BCUT2D eigenvalue weighted by Crippen LogP contribution is 2.34. The highest BCUT2D eigenvalue weighted by atomic mass is 15.2. The Morgan fingerprint density at radius 2 is 1.81 bits per heavy atom. The van der Waals surface area contributed by atoms with Crippen molar-refractivity contribution in [2.24, 2.45) is 17.8 Å². The van der Waals surface area contributed by atoms with E-state index in [1.165, 1.54) is 45.4 Å². The van der Waals surface area contributed by atoms with E-state index in [1.54, 1.807) is 0 Å². The largest absolute Gasteiger partial charge is 0.312 e. The summed E-state index contributed by atoms with van der Waals surface area (Å²) >= 11 is 0. The number of nitrogens with one attached hydrogen (secondary N) is 1. The molecule has 0 spiro atoms. The number of nitrogens with zero attached hydrogens (tertiary/aromatic N) is 1. The molecule has 3 atom stereocenters. The molecule has 1 N–H and O–H groups in total. The highest BCUT2D eigenvalue weighted by molar-refractivity contribution is 4.90. The first-order valence-corrected chi connectivity index (χ1v) is 7.16. The van der Waals surface area contributed by atoms with Gasteiger partial charge in [-0.2, -0.15) is 0 Å². The number of rotatable bonds is 6. The first-order chi connectivity index (χ1) is 7.70. The summed E-state index contributed by atoms with van der Waals surface area (Å²) in [5.41, 5.74) is 0. The minimum atomic E-state index is 0.775. The van der Waals surface area contributed by atoms with Crippen molar-refractivity contribution in [3.05, 3.63) is 0 Å². The molecule has 94 valence electrons. The fourth-order valence-electron chi connectivity index (χ4n) is 2.88. The van der Waals surface area contributed by atoms with E-state index < -0.39 is 0 Å². The lowest BCUT2D eigenvalue weighted by Crippen LogP contribution is -2.42. The van der Waals surface area contributed by atoms with Crippen molar-refractivity contribution in [1.82, 2.24) is 10.2 Å². The van der Waals surface area contributed by atoms with Gasteiger partial charge in [-0.15, -0.1) is 0 Å². The first-order valence-electron chi connectivity index (χ1n) is 7.16. The van der Waals surface area contributed by atoms with Gasteiger partial charge in [-0.25, -0.2) is 0 Å². The van der Waals surface area contributed by atoms with Crippen LogP contribution in [0.4, 0.5) is 0 Å². The van der Waals surface area contributed by atoms with E-state index in [9.17, 15) is 0 Å². The van der Waals surface area contributed by atoms with Gasteiger partial charge >= 0.3 is 0 Å². The van der Waals surface area contributed by atoms with Gasteiger partial charge in [0, 0.05) is 25.7 Å². The lowest BCUT2D eigenvalue weighted by Gasteiger charge is -2.24. The van der Waals surface area contributed by atoms with Crippen molar-refractivity contribution in [2.75, 3.05) is 26.2 Å². The molecule has 0 aromatic rings. The molecule has 1 aliphatic heterocycles. The molecule has 2 nitrogen and oxygen atoms in total. The monoisotopic (exact) mass is 224 g/mol. The third-order valence-electron chi connectivity index (χ3n) is 4.37. The van der Waals surface area contributed by atoms with Crippen LogP contribution < -0.4 is 5.32 Å². The molecule has 2 rings (SSSR count). The zero-order chi connectivity index (χ0) is 11.5. The van der Waals surface area contributed by atoms with Crippen molar-refractivity contribution >= 4 is 0 Å². The van der Waals surface area contributed by atoms with Gasteiger partial charge in [0.05, 0.1) is 0 Å². The molecule has 0 radical (unpaired) electrons. The van der Waals surface area contributed by atoms with Gasteiger partial charge in [0.1, 0.15) is 0 Å². The van der Waals surface area contributed by atoms with E-state index >= 15 is 0 Å². The summed E-state index contributed by atoms with van der Waals surface area (Å²) in [4.78, 5) is 2.68. The topological polar surface area (TPSA) is 15.3 Å². The van der Waals surface area contributed by atoms with Gasteiger partial charge in [0.15, 0.2) is 0 Å². The van der Waals surface area contributed by atoms with Crippen molar-refractivity contribution in [3.63, 3.8) is 0 Å². The summed E-state index contributed by atoms with van der Waals surface area (Å²) in [5, 5.41) is 3.75. The maximum atomic E-state index is 3.75. The van der Waals surface area contributed by atoms with Crippen molar-refractivity contribution < 1.29 is 0 Å². The highest BCUT2D eigenvalue weighted by Gasteiger charge is 2.34. The zero-order valence-corrected chi connectivity index (χ0v) is 11.2. The molecule has 0 bridgehead atoms. The number of hydrogen-bond acceptors (Lipinski definition) is 2. The summed E-state index contributed by atoms with van der Waals surface area (Å²) < 4.78 is 0. The lowest BCUT2D eigenvalue weighted by molar-refractivity contribution is 0.265. The molecular formula is C14H28N2. The third kappa shape index (κ3) is 3.21. The van der Waals surface area contributed by atoms with E-state index in [4.69, 9.17) is 0 Å². The number of likely N-dealkylation sites (tertiary alicyclic amines) is 1. The summed E-state index contributed by atoms with van der Waals surface area (Å²) in [6, 6.07) is 0.775. The molecule has 1 saturated heterocycles. The Kier molecular flexibility index (Phi) is 4.26. The van der Waals surface area contributed by atoms with Crippen LogP contribution in [0.15, 0.2) is 0 Å². The Hall–Kier alpha value is -0.0800. The van der Waals surface area contributed by atoms with Crippen LogP contribution in [0.2, 0.25) is 0 Å². The van der Waals surface area contributed by atoms with Crippen LogP contribution in [0.5, 0.6) is 0 Å². The quantitative estimate of drug-likeness (QED) is 0.745. The van der Waals surface area contributed by atoms with Crippen molar-refractivity contribution in [2.45, 2.75) is 46.1 Å². The summed E-state index contributed by atoms with van der Waals surface area (Å²) in [6.45, 7) is 12.2. The second kappa shape index (κ2) is 5.50. The molecule has 0 aromatic carbocycles. The van der Waals surface area contributed by atoms with Gasteiger partial charge in [0.25, 0.3) is 0 Å². The molecule has 0 amide bonds. The summed E-state index contributed by atoms with van der Waals surface area (Å²) in [5.74, 6) is 2.77. The Labute approximate surface area is 101 Å². The van der Waals surface area contributed by atoms with Gasteiger partial charge in [-0.1, -0.05) is 20.8 Å². The second-order valence-electron chi connectivity index (χ2n) is 6.07. The van der Waals surface area contributed by atoms with Crippen LogP contribution in [-0.2, 0) is 0 Å². The van der Waals surface area contributed by atoms with Crippen LogP contribution in [0.3, 0.4) is 0 Å². The van der Waals surface area contributed by atoms with Gasteiger partial charge in [-0.05, 0) is 43.6 Å². The number of hydrogen-bond donors (Lipinski definition) is 1. The smallest absolute Gasteiger partial charge is 0.0223 e. The van der Waals surface area contributed by atoms with Crippen molar-refractivity contribution in [1.29, 1.82) is 0 Å². The Balaban J connectivity index is 1.77. The average Bonchev–Trinajstić information content (AvgIpc) is 3.03. The van der Waals surface area contributed by atoms with E-state index in [2.05, 4.69) is 31.0 Å². The molecule has 3 unspecified atom stereocenters. The molecule has 2 aliphatic rings. The second-order valence-corrected chi connectivity index (χ2v) is 6.07. The molecular weight excluding hydrogens is 196 g/mol. The summed E-state index contributed by atoms with van der Waals surface area (Å²) in [7, 11) is 0. The van der Waals surface area contributed by atoms with Crippen LogP contribution in [0.1, 0.15) is 40.0 Å². The predicted octanol–water partition coefficient (Wildman–Crippen LogP) is 2.35. The summed E-state index contributed by atoms with van der Waals surface area (Å²) in [6.07, 6.45) is 4.18. The third-order valence-corrected chi connectivity index (χ3v) is 4.37. The standard InChI is InChI=1S/C14H28N2/c1-4-7-15-14(13-5-6-13)10-16-8-11(2)12(3)9-16/h11-15H,4-10H2,1-3H3. The van der Waals surface area contributed by atoms with Crippen LogP contribution in [-0.4, -0.2) is 37.1 Å². The first kappa shape index (κ1) is 12.4. The van der Waals surface area contributed by atoms with E-state index in [-0.39, 0.29) is 0 Å². The minimum absolute atomic E-state index is 0.775. The SMILES string of the molecule is CCCNC(CN1CC(C)C(C)C1)C1CC1. The maximum Gasteiger partial charge on any atom is 0.0223 e. The van der Waals surface area contributed by atoms with Gasteiger partial charge < -0.3 is 10.2 Å². The molecule has 2 heteroatoms. The van der Waals surface area contributed by atoms with E-state index in [0.717, 1.165) is 23.8 Å². The fraction of sp³-hybridized carbons (Fsp3) is 1.00. The molecule has 1 aliphatic carbocycles. The van der Waals surface area contributed by atoms with Crippen LogP contribution >= 0.6 is 0 Å². The van der Waals surface area contributed by atoms with E-state index in [1.807, 2.05) is 0 Å². The maximum absolute atomic E-state index is 3.75. The van der Waals surface area contributed by atoms with E-state index in [0.29, 0.717) is 0 Å². The molecule has 2 fully saturated rings. The van der Waals surface area contributed by atoms with Crippen molar-refractivity contribution in [3.8, 4) is 0 Å². The fourth-order valence-corrected chi connectivity index (χ4v) is 2.88. The van der Waals surface area contributed by atoms with Gasteiger partial charge in [-0.3, -0.25) is 0 Å². The molecule has 16 heavy (non-hydrogen) atoms. The minimum Gasteiger partial charge on any atom is -0.312 e. The molecule has 0 aromatic heterocycles. The van der Waals surface area contributed by atoms with Crippen LogP contribution in [0, 0.1) is 17.8 Å². The average molecular weight is 224 g/mol. The normalized spacial score (nSPS) is 33.2.